The van der Waals surface area contributed by atoms with Crippen LogP contribution in [0, 0.1) is 5.92 Å². The first-order valence-corrected chi connectivity index (χ1v) is 6.26. The predicted molar refractivity (Wildman–Crippen MR) is 65.4 cm³/mol. The molecule has 104 valence electrons. The van der Waals surface area contributed by atoms with E-state index in [0.717, 1.165) is 6.42 Å². The lowest BCUT2D eigenvalue weighted by Crippen LogP contribution is -2.47. The van der Waals surface area contributed by atoms with Gasteiger partial charge in [0, 0.05) is 26.1 Å². The zero-order valence-electron chi connectivity index (χ0n) is 10.5. The number of aliphatic carboxylic acids is 1. The molecule has 1 atom stereocenters. The topological polar surface area (TPSA) is 111 Å². The van der Waals surface area contributed by atoms with Gasteiger partial charge in [-0.15, -0.1) is 0 Å². The van der Waals surface area contributed by atoms with Crippen molar-refractivity contribution in [1.29, 1.82) is 0 Å². The highest BCUT2D eigenvalue weighted by Crippen LogP contribution is 2.16. The maximum Gasteiger partial charge on any atom is 0.317 e. The third kappa shape index (κ3) is 3.67. The van der Waals surface area contributed by atoms with Gasteiger partial charge in [-0.05, 0) is 12.8 Å². The Morgan fingerprint density at radius 2 is 2.42 bits per heavy atom. The van der Waals surface area contributed by atoms with Gasteiger partial charge >= 0.3 is 12.0 Å². The molecule has 2 rings (SSSR count). The van der Waals surface area contributed by atoms with E-state index in [0.29, 0.717) is 31.8 Å². The molecule has 0 saturated carbocycles. The summed E-state index contributed by atoms with van der Waals surface area (Å²) in [5.74, 6) is -0.574. The Balaban J connectivity index is 1.74. The number of carbonyl (C=O) groups is 2. The second-order valence-electron chi connectivity index (χ2n) is 4.54. The lowest BCUT2D eigenvalue weighted by molar-refractivity contribution is -0.143. The highest BCUT2D eigenvalue weighted by molar-refractivity contribution is 5.76. The molecule has 0 aliphatic carbocycles. The Labute approximate surface area is 110 Å². The molecule has 1 fully saturated rings. The second-order valence-corrected chi connectivity index (χ2v) is 4.54. The summed E-state index contributed by atoms with van der Waals surface area (Å²) in [4.78, 5) is 28.3. The molecule has 19 heavy (non-hydrogen) atoms. The Morgan fingerprint density at radius 3 is 3.11 bits per heavy atom. The first kappa shape index (κ1) is 13.3. The van der Waals surface area contributed by atoms with Gasteiger partial charge in [-0.1, -0.05) is 0 Å². The van der Waals surface area contributed by atoms with Crippen molar-refractivity contribution in [3.63, 3.8) is 0 Å². The number of likely N-dealkylation sites (tertiary alicyclic amines) is 1. The quantitative estimate of drug-likeness (QED) is 0.702. The van der Waals surface area contributed by atoms with Crippen LogP contribution in [-0.4, -0.2) is 56.8 Å². The Hall–Kier alpha value is -2.12. The van der Waals surface area contributed by atoms with E-state index in [9.17, 15) is 9.59 Å². The second kappa shape index (κ2) is 6.17. The van der Waals surface area contributed by atoms with Crippen LogP contribution in [0.2, 0.25) is 0 Å². The molecule has 3 N–H and O–H groups in total. The molecule has 0 bridgehead atoms. The standard InChI is InChI=1S/C11H17N5O3/c17-10(18)8-2-1-5-16(6-8)11(19)12-4-3-9-13-7-14-15-9/h7-8H,1-6H2,(H,12,19)(H,17,18)(H,13,14,15)/t8-/m1/s1. The summed E-state index contributed by atoms with van der Waals surface area (Å²) in [6.07, 6.45) is 3.35. The number of urea groups is 1. The molecule has 8 nitrogen and oxygen atoms in total. The molecule has 0 radical (unpaired) electrons. The minimum Gasteiger partial charge on any atom is -0.481 e. The first-order valence-electron chi connectivity index (χ1n) is 6.26. The van der Waals surface area contributed by atoms with E-state index in [1.807, 2.05) is 0 Å². The fourth-order valence-electron chi connectivity index (χ4n) is 2.11. The van der Waals surface area contributed by atoms with E-state index in [2.05, 4.69) is 20.5 Å². The van der Waals surface area contributed by atoms with Crippen molar-refractivity contribution in [2.75, 3.05) is 19.6 Å². The van der Waals surface area contributed by atoms with Crippen molar-refractivity contribution >= 4 is 12.0 Å². The van der Waals surface area contributed by atoms with Gasteiger partial charge < -0.3 is 15.3 Å². The number of aromatic nitrogens is 3. The van der Waals surface area contributed by atoms with E-state index in [1.54, 1.807) is 4.90 Å². The summed E-state index contributed by atoms with van der Waals surface area (Å²) in [6, 6.07) is -0.217. The van der Waals surface area contributed by atoms with Gasteiger partial charge in [-0.25, -0.2) is 9.78 Å². The monoisotopic (exact) mass is 267 g/mol. The number of hydrogen-bond acceptors (Lipinski definition) is 4. The van der Waals surface area contributed by atoms with Crippen LogP contribution in [0.1, 0.15) is 18.7 Å². The van der Waals surface area contributed by atoms with Gasteiger partial charge in [-0.3, -0.25) is 9.89 Å². The fourth-order valence-corrected chi connectivity index (χ4v) is 2.11. The Kier molecular flexibility index (Phi) is 4.32. The smallest absolute Gasteiger partial charge is 0.317 e. The number of aromatic amines is 1. The minimum atomic E-state index is -0.834. The van der Waals surface area contributed by atoms with Crippen LogP contribution in [0.4, 0.5) is 4.79 Å². The van der Waals surface area contributed by atoms with Gasteiger partial charge in [0.2, 0.25) is 0 Å². The van der Waals surface area contributed by atoms with Crippen LogP contribution in [0.25, 0.3) is 0 Å². The molecule has 1 aliphatic heterocycles. The van der Waals surface area contributed by atoms with Crippen molar-refractivity contribution < 1.29 is 14.7 Å². The summed E-state index contributed by atoms with van der Waals surface area (Å²) in [5, 5.41) is 18.1. The maximum absolute atomic E-state index is 11.9. The van der Waals surface area contributed by atoms with Gasteiger partial charge in [0.1, 0.15) is 12.2 Å². The van der Waals surface area contributed by atoms with E-state index in [4.69, 9.17) is 5.11 Å². The summed E-state index contributed by atoms with van der Waals surface area (Å²) in [7, 11) is 0. The molecule has 8 heteroatoms. The number of H-pyrrole nitrogens is 1. The van der Waals surface area contributed by atoms with Crippen molar-refractivity contribution in [3.8, 4) is 0 Å². The number of piperidine rings is 1. The molecule has 1 saturated heterocycles. The zero-order valence-corrected chi connectivity index (χ0v) is 10.5. The van der Waals surface area contributed by atoms with E-state index >= 15 is 0 Å². The molecular weight excluding hydrogens is 250 g/mol. The van der Waals surface area contributed by atoms with Crippen LogP contribution >= 0.6 is 0 Å². The average Bonchev–Trinajstić information content (AvgIpc) is 2.92. The Bertz CT molecular complexity index is 434. The number of rotatable bonds is 4. The molecular formula is C11H17N5O3. The van der Waals surface area contributed by atoms with Crippen molar-refractivity contribution in [2.24, 2.45) is 5.92 Å². The van der Waals surface area contributed by atoms with Crippen LogP contribution in [0.5, 0.6) is 0 Å². The molecule has 1 aromatic rings. The third-order valence-electron chi connectivity index (χ3n) is 3.16. The summed E-state index contributed by atoms with van der Waals surface area (Å²) >= 11 is 0. The van der Waals surface area contributed by atoms with E-state index in [1.165, 1.54) is 6.33 Å². The van der Waals surface area contributed by atoms with Crippen molar-refractivity contribution in [2.45, 2.75) is 19.3 Å². The van der Waals surface area contributed by atoms with E-state index in [-0.39, 0.29) is 12.6 Å². The predicted octanol–water partition coefficient (Wildman–Crippen LogP) is -0.147. The number of carbonyl (C=O) groups excluding carboxylic acids is 1. The molecule has 1 aromatic heterocycles. The number of hydrogen-bond donors (Lipinski definition) is 3. The highest BCUT2D eigenvalue weighted by Gasteiger charge is 2.27. The van der Waals surface area contributed by atoms with Gasteiger partial charge in [0.15, 0.2) is 0 Å². The minimum absolute atomic E-state index is 0.217. The summed E-state index contributed by atoms with van der Waals surface area (Å²) < 4.78 is 0. The number of nitrogens with zero attached hydrogens (tertiary/aromatic N) is 3. The van der Waals surface area contributed by atoms with Crippen LogP contribution in [0.3, 0.4) is 0 Å². The van der Waals surface area contributed by atoms with Gasteiger partial charge in [-0.2, -0.15) is 5.10 Å². The molecule has 1 aliphatic rings. The third-order valence-corrected chi connectivity index (χ3v) is 3.16. The van der Waals surface area contributed by atoms with Crippen molar-refractivity contribution in [3.05, 3.63) is 12.2 Å². The Morgan fingerprint density at radius 1 is 1.58 bits per heavy atom. The maximum atomic E-state index is 11.9. The highest BCUT2D eigenvalue weighted by atomic mass is 16.4. The normalized spacial score (nSPS) is 19.2. The molecule has 2 heterocycles. The number of nitrogens with one attached hydrogen (secondary N) is 2. The molecule has 0 aromatic carbocycles. The van der Waals surface area contributed by atoms with E-state index < -0.39 is 11.9 Å². The molecule has 0 unspecified atom stereocenters. The van der Waals surface area contributed by atoms with Crippen LogP contribution < -0.4 is 5.32 Å². The summed E-state index contributed by atoms with van der Waals surface area (Å²) in [5.41, 5.74) is 0. The largest absolute Gasteiger partial charge is 0.481 e. The number of carboxylic acid groups (broad SMARTS) is 1. The first-order chi connectivity index (χ1) is 9.16. The molecule has 0 spiro atoms. The summed E-state index contributed by atoms with van der Waals surface area (Å²) in [6.45, 7) is 1.34. The average molecular weight is 267 g/mol. The van der Waals surface area contributed by atoms with Crippen LogP contribution in [-0.2, 0) is 11.2 Å². The SMILES string of the molecule is O=C(O)[C@@H]1CCCN(C(=O)NCCc2ncn[nH]2)C1. The lowest BCUT2D eigenvalue weighted by atomic mass is 9.99. The molecule has 2 amide bonds. The number of carboxylic acids is 1. The van der Waals surface area contributed by atoms with Crippen LogP contribution in [0.15, 0.2) is 6.33 Å². The zero-order chi connectivity index (χ0) is 13.7. The van der Waals surface area contributed by atoms with Gasteiger partial charge in [0.05, 0.1) is 5.92 Å². The van der Waals surface area contributed by atoms with Gasteiger partial charge in [0.25, 0.3) is 0 Å². The number of amides is 2. The fraction of sp³-hybridized carbons (Fsp3) is 0.636. The van der Waals surface area contributed by atoms with Crippen molar-refractivity contribution in [1.82, 2.24) is 25.4 Å². The lowest BCUT2D eigenvalue weighted by Gasteiger charge is -2.30.